The maximum absolute atomic E-state index is 13.5. The molecule has 0 saturated carbocycles. The maximum Gasteiger partial charge on any atom is 0.414 e. The van der Waals surface area contributed by atoms with Crippen molar-refractivity contribution in [2.24, 2.45) is 0 Å². The second kappa shape index (κ2) is 7.48. The molecule has 1 aliphatic heterocycles. The predicted molar refractivity (Wildman–Crippen MR) is 124 cm³/mol. The van der Waals surface area contributed by atoms with E-state index >= 15 is 0 Å². The van der Waals surface area contributed by atoms with E-state index in [9.17, 15) is 9.18 Å². The Bertz CT molecular complexity index is 1320. The molecule has 0 unspecified atom stereocenters. The van der Waals surface area contributed by atoms with Crippen LogP contribution in [0.1, 0.15) is 26.3 Å². The number of ether oxygens (including phenoxy) is 1. The highest BCUT2D eigenvalue weighted by Crippen LogP contribution is 2.35. The molecular weight excluding hydrogens is 405 g/mol. The molecule has 0 bridgehead atoms. The third kappa shape index (κ3) is 3.62. The highest BCUT2D eigenvalue weighted by molar-refractivity contribution is 5.91. The minimum absolute atomic E-state index is 0.269. The maximum atomic E-state index is 13.5. The minimum Gasteiger partial charge on any atom is -0.443 e. The van der Waals surface area contributed by atoms with Crippen LogP contribution in [0.2, 0.25) is 0 Å². The highest BCUT2D eigenvalue weighted by atomic mass is 19.1. The lowest BCUT2D eigenvalue weighted by molar-refractivity contribution is 0.0584. The van der Waals surface area contributed by atoms with E-state index in [1.807, 2.05) is 45.0 Å². The zero-order valence-corrected chi connectivity index (χ0v) is 18.3. The van der Waals surface area contributed by atoms with Crippen LogP contribution >= 0.6 is 0 Å². The van der Waals surface area contributed by atoms with Crippen molar-refractivity contribution in [1.29, 1.82) is 0 Å². The molecule has 0 saturated heterocycles. The number of amides is 1. The van der Waals surface area contributed by atoms with Crippen LogP contribution in [0.5, 0.6) is 0 Å². The van der Waals surface area contributed by atoms with Crippen molar-refractivity contribution >= 4 is 22.8 Å². The van der Waals surface area contributed by atoms with Crippen molar-refractivity contribution in [3.63, 3.8) is 0 Å². The molecule has 162 valence electrons. The second-order valence-electron chi connectivity index (χ2n) is 8.98. The van der Waals surface area contributed by atoms with E-state index in [0.717, 1.165) is 45.6 Å². The molecule has 0 spiro atoms. The molecular formula is C26H24FN3O2. The summed E-state index contributed by atoms with van der Waals surface area (Å²) in [6, 6.07) is 18.5. The lowest BCUT2D eigenvalue weighted by atomic mass is 10.1. The van der Waals surface area contributed by atoms with Gasteiger partial charge in [0, 0.05) is 23.8 Å². The van der Waals surface area contributed by atoms with E-state index < -0.39 is 5.60 Å². The molecule has 0 N–H and O–H groups in total. The molecule has 0 radical (unpaired) electrons. The summed E-state index contributed by atoms with van der Waals surface area (Å²) in [7, 11) is 0. The number of anilines is 1. The smallest absolute Gasteiger partial charge is 0.414 e. The number of hydrogen-bond donors (Lipinski definition) is 0. The number of fused-ring (bicyclic) bond motifs is 2. The lowest BCUT2D eigenvalue weighted by Crippen LogP contribution is -2.35. The number of halogens is 1. The molecule has 4 aromatic rings. The monoisotopic (exact) mass is 429 g/mol. The van der Waals surface area contributed by atoms with Crippen molar-refractivity contribution in [3.8, 4) is 16.9 Å². The third-order valence-corrected chi connectivity index (χ3v) is 5.53. The molecule has 2 aromatic heterocycles. The lowest BCUT2D eigenvalue weighted by Gasteiger charge is -2.25. The van der Waals surface area contributed by atoms with Gasteiger partial charge in [-0.25, -0.2) is 14.2 Å². The molecule has 1 aliphatic rings. The van der Waals surface area contributed by atoms with Gasteiger partial charge in [-0.15, -0.1) is 0 Å². The Labute approximate surface area is 186 Å². The topological polar surface area (TPSA) is 47.4 Å². The fourth-order valence-electron chi connectivity index (χ4n) is 4.16. The molecule has 1 amide bonds. The van der Waals surface area contributed by atoms with Crippen LogP contribution < -0.4 is 4.90 Å². The summed E-state index contributed by atoms with van der Waals surface area (Å²) >= 11 is 0. The molecule has 6 heteroatoms. The van der Waals surface area contributed by atoms with Crippen LogP contribution in [0.15, 0.2) is 66.9 Å². The Hall–Kier alpha value is -3.67. The Morgan fingerprint density at radius 3 is 2.59 bits per heavy atom. The molecule has 2 aromatic carbocycles. The standard InChI is InChI=1S/C26H24FN3O2/c1-26(2,3)32-25(31)29-14-12-18-15-21(10-11-22(18)29)30-23(17-6-8-20(27)9-7-17)16-19-5-4-13-28-24(19)30/h4-11,13,15-16H,12,14H2,1-3H3. The van der Waals surface area contributed by atoms with Gasteiger partial charge in [0.05, 0.1) is 11.4 Å². The number of pyridine rings is 1. The van der Waals surface area contributed by atoms with Crippen molar-refractivity contribution in [1.82, 2.24) is 9.55 Å². The summed E-state index contributed by atoms with van der Waals surface area (Å²) in [5.74, 6) is -0.269. The average molecular weight is 429 g/mol. The molecule has 0 fully saturated rings. The fourth-order valence-corrected chi connectivity index (χ4v) is 4.16. The Kier molecular flexibility index (Phi) is 4.73. The summed E-state index contributed by atoms with van der Waals surface area (Å²) in [6.07, 6.45) is 2.19. The molecule has 32 heavy (non-hydrogen) atoms. The van der Waals surface area contributed by atoms with E-state index in [-0.39, 0.29) is 11.9 Å². The highest BCUT2D eigenvalue weighted by Gasteiger charge is 2.29. The first-order valence-corrected chi connectivity index (χ1v) is 10.7. The first kappa shape index (κ1) is 20.2. The van der Waals surface area contributed by atoms with Gasteiger partial charge in [-0.2, -0.15) is 0 Å². The van der Waals surface area contributed by atoms with E-state index in [4.69, 9.17) is 4.74 Å². The summed E-state index contributed by atoms with van der Waals surface area (Å²) in [6.45, 7) is 6.19. The van der Waals surface area contributed by atoms with E-state index in [2.05, 4.69) is 21.7 Å². The Morgan fingerprint density at radius 1 is 1.06 bits per heavy atom. The van der Waals surface area contributed by atoms with Crippen molar-refractivity contribution in [2.45, 2.75) is 32.8 Å². The average Bonchev–Trinajstić information content (AvgIpc) is 3.34. The van der Waals surface area contributed by atoms with Gasteiger partial charge in [0.1, 0.15) is 17.1 Å². The molecule has 0 aliphatic carbocycles. The van der Waals surface area contributed by atoms with E-state index in [1.165, 1.54) is 12.1 Å². The van der Waals surface area contributed by atoms with E-state index in [0.29, 0.717) is 6.54 Å². The van der Waals surface area contributed by atoms with E-state index in [1.54, 1.807) is 23.2 Å². The van der Waals surface area contributed by atoms with Crippen molar-refractivity contribution < 1.29 is 13.9 Å². The zero-order valence-electron chi connectivity index (χ0n) is 18.3. The summed E-state index contributed by atoms with van der Waals surface area (Å²) in [5.41, 5.74) is 5.02. The SMILES string of the molecule is CC(C)(C)OC(=O)N1CCc2cc(-n3c(-c4ccc(F)cc4)cc4cccnc43)ccc21. The van der Waals surface area contributed by atoms with Gasteiger partial charge in [0.25, 0.3) is 0 Å². The van der Waals surface area contributed by atoms with Crippen LogP contribution in [-0.4, -0.2) is 27.8 Å². The first-order chi connectivity index (χ1) is 15.3. The number of aromatic nitrogens is 2. The minimum atomic E-state index is -0.542. The van der Waals surface area contributed by atoms with Crippen molar-refractivity contribution in [2.75, 3.05) is 11.4 Å². The number of rotatable bonds is 2. The van der Waals surface area contributed by atoms with Gasteiger partial charge < -0.3 is 4.74 Å². The Balaban J connectivity index is 1.59. The number of carbonyl (C=O) groups excluding carboxylic acids is 1. The zero-order chi connectivity index (χ0) is 22.5. The van der Waals surface area contributed by atoms with Gasteiger partial charge in [-0.05, 0) is 99.0 Å². The number of carbonyl (C=O) groups is 1. The largest absolute Gasteiger partial charge is 0.443 e. The van der Waals surface area contributed by atoms with Crippen LogP contribution in [-0.2, 0) is 11.2 Å². The van der Waals surface area contributed by atoms with Crippen LogP contribution in [0, 0.1) is 5.82 Å². The number of hydrogen-bond acceptors (Lipinski definition) is 3. The summed E-state index contributed by atoms with van der Waals surface area (Å²) in [5, 5.41) is 1.00. The number of benzene rings is 2. The summed E-state index contributed by atoms with van der Waals surface area (Å²) < 4.78 is 21.2. The van der Waals surface area contributed by atoms with Gasteiger partial charge >= 0.3 is 6.09 Å². The van der Waals surface area contributed by atoms with Crippen LogP contribution in [0.3, 0.4) is 0 Å². The molecule has 0 atom stereocenters. The predicted octanol–water partition coefficient (Wildman–Crippen LogP) is 6.13. The summed E-state index contributed by atoms with van der Waals surface area (Å²) in [4.78, 5) is 18.9. The second-order valence-corrected chi connectivity index (χ2v) is 8.98. The van der Waals surface area contributed by atoms with Gasteiger partial charge in [0.2, 0.25) is 0 Å². The Morgan fingerprint density at radius 2 is 1.84 bits per heavy atom. The van der Waals surface area contributed by atoms with Crippen molar-refractivity contribution in [3.05, 3.63) is 78.2 Å². The molecule has 3 heterocycles. The number of nitrogens with zero attached hydrogens (tertiary/aromatic N) is 3. The quantitative estimate of drug-likeness (QED) is 0.385. The first-order valence-electron chi connectivity index (χ1n) is 10.7. The van der Waals surface area contributed by atoms with Crippen LogP contribution in [0.25, 0.3) is 28.0 Å². The third-order valence-electron chi connectivity index (χ3n) is 5.53. The molecule has 5 nitrogen and oxygen atoms in total. The van der Waals surface area contributed by atoms with Gasteiger partial charge in [0.15, 0.2) is 0 Å². The van der Waals surface area contributed by atoms with Crippen LogP contribution in [0.4, 0.5) is 14.9 Å². The van der Waals surface area contributed by atoms with Gasteiger partial charge in [-0.1, -0.05) is 0 Å². The normalized spacial score (nSPS) is 13.4. The molecule has 5 rings (SSSR count). The fraction of sp³-hybridized carbons (Fsp3) is 0.231. The van der Waals surface area contributed by atoms with Gasteiger partial charge in [-0.3, -0.25) is 9.47 Å².